The summed E-state index contributed by atoms with van der Waals surface area (Å²) >= 11 is 8.91. The van der Waals surface area contributed by atoms with Crippen LogP contribution in [0.25, 0.3) is 0 Å². The number of rotatable bonds is 9. The molecule has 0 aromatic carbocycles. The van der Waals surface area contributed by atoms with E-state index in [0.29, 0.717) is 10.9 Å². The van der Waals surface area contributed by atoms with E-state index in [-0.39, 0.29) is 17.5 Å². The third-order valence-electron chi connectivity index (χ3n) is 2.55. The van der Waals surface area contributed by atoms with Crippen LogP contribution < -0.4 is 10.6 Å². The van der Waals surface area contributed by atoms with Gasteiger partial charge in [-0.15, -0.1) is 0 Å². The molecule has 0 saturated carbocycles. The second-order valence-electron chi connectivity index (χ2n) is 5.24. The molecule has 0 bridgehead atoms. The van der Waals surface area contributed by atoms with Crippen LogP contribution in [-0.4, -0.2) is 41.5 Å². The smallest absolute Gasteiger partial charge is 0.426 e. The third kappa shape index (κ3) is 12.1. The molecule has 6 nitrogen and oxygen atoms in total. The Hall–Kier alpha value is -1.09. The molecule has 128 valence electrons. The van der Waals surface area contributed by atoms with Gasteiger partial charge in [0, 0.05) is 15.6 Å². The summed E-state index contributed by atoms with van der Waals surface area (Å²) in [4.78, 5) is 23.3. The van der Waals surface area contributed by atoms with Crippen molar-refractivity contribution in [3.05, 3.63) is 34.3 Å². The normalized spacial score (nSPS) is 13.1. The zero-order valence-electron chi connectivity index (χ0n) is 13.1. The number of carbonyl (C=O) groups is 2. The second kappa shape index (κ2) is 11.5. The molecular formula is C14H21BBrClN2O4. The second-order valence-corrected chi connectivity index (χ2v) is 6.70. The van der Waals surface area contributed by atoms with Gasteiger partial charge in [0.1, 0.15) is 0 Å². The van der Waals surface area contributed by atoms with Crippen LogP contribution in [0, 0.1) is 5.92 Å². The lowest BCUT2D eigenvalue weighted by atomic mass is 9.75. The highest BCUT2D eigenvalue weighted by molar-refractivity contribution is 9.11. The number of amides is 2. The van der Waals surface area contributed by atoms with E-state index in [0.717, 1.165) is 6.08 Å². The minimum absolute atomic E-state index is 0.173. The predicted octanol–water partition coefficient (Wildman–Crippen LogP) is 1.23. The Morgan fingerprint density at radius 1 is 1.35 bits per heavy atom. The number of hydrogen-bond acceptors (Lipinski definition) is 4. The number of allylic oxidation sites excluding steroid dienone is 4. The molecule has 0 radical (unpaired) electrons. The molecule has 4 N–H and O–H groups in total. The average Bonchev–Trinajstić information content (AvgIpc) is 2.41. The first-order valence-electron chi connectivity index (χ1n) is 6.94. The van der Waals surface area contributed by atoms with Crippen molar-refractivity contribution in [1.82, 2.24) is 10.6 Å². The summed E-state index contributed by atoms with van der Waals surface area (Å²) in [6.07, 6.45) is 4.56. The van der Waals surface area contributed by atoms with Gasteiger partial charge in [0.05, 0.1) is 12.5 Å². The summed E-state index contributed by atoms with van der Waals surface area (Å²) in [5.74, 6) is -1.67. The SMILES string of the molecule is C=C(Br)/C=C\C(Cl)=C\C(=O)NCC(=O)N[C@@H](CC(C)C)B(O)O. The Bertz CT molecular complexity index is 495. The van der Waals surface area contributed by atoms with Gasteiger partial charge < -0.3 is 20.7 Å². The maximum Gasteiger partial charge on any atom is 0.475 e. The van der Waals surface area contributed by atoms with Crippen molar-refractivity contribution < 1.29 is 19.6 Å². The lowest BCUT2D eigenvalue weighted by molar-refractivity contribution is -0.124. The Kier molecular flexibility index (Phi) is 10.9. The molecule has 9 heteroatoms. The fourth-order valence-corrected chi connectivity index (χ4v) is 1.88. The summed E-state index contributed by atoms with van der Waals surface area (Å²) in [7, 11) is -1.66. The Morgan fingerprint density at radius 2 is 1.96 bits per heavy atom. The monoisotopic (exact) mass is 406 g/mol. The summed E-state index contributed by atoms with van der Waals surface area (Å²) in [6, 6.07) is 0. The highest BCUT2D eigenvalue weighted by atomic mass is 79.9. The van der Waals surface area contributed by atoms with Gasteiger partial charge in [-0.25, -0.2) is 0 Å². The van der Waals surface area contributed by atoms with Crippen LogP contribution in [0.5, 0.6) is 0 Å². The van der Waals surface area contributed by atoms with Crippen LogP contribution in [0.4, 0.5) is 0 Å². The first kappa shape index (κ1) is 21.9. The van der Waals surface area contributed by atoms with Crippen LogP contribution >= 0.6 is 27.5 Å². The maximum absolute atomic E-state index is 11.7. The molecule has 0 aliphatic rings. The minimum Gasteiger partial charge on any atom is -0.426 e. The number of nitrogens with one attached hydrogen (secondary N) is 2. The van der Waals surface area contributed by atoms with Crippen molar-refractivity contribution in [2.45, 2.75) is 26.2 Å². The van der Waals surface area contributed by atoms with Gasteiger partial charge in [0.15, 0.2) is 0 Å². The highest BCUT2D eigenvalue weighted by Crippen LogP contribution is 2.08. The average molecular weight is 408 g/mol. The van der Waals surface area contributed by atoms with E-state index < -0.39 is 24.9 Å². The Balaban J connectivity index is 4.39. The quantitative estimate of drug-likeness (QED) is 0.263. The summed E-state index contributed by atoms with van der Waals surface area (Å²) in [5, 5.41) is 23.4. The fourth-order valence-electron chi connectivity index (χ4n) is 1.58. The number of carbonyl (C=O) groups excluding carboxylic acids is 2. The van der Waals surface area contributed by atoms with E-state index in [2.05, 4.69) is 33.1 Å². The summed E-state index contributed by atoms with van der Waals surface area (Å²) in [5.41, 5.74) is 0. The van der Waals surface area contributed by atoms with Gasteiger partial charge in [-0.1, -0.05) is 48.0 Å². The molecule has 2 amide bonds. The molecule has 0 heterocycles. The van der Waals surface area contributed by atoms with Crippen molar-refractivity contribution in [2.24, 2.45) is 5.92 Å². The molecule has 0 unspecified atom stereocenters. The van der Waals surface area contributed by atoms with E-state index in [1.54, 1.807) is 6.08 Å². The summed E-state index contributed by atoms with van der Waals surface area (Å²) < 4.78 is 0.600. The molecule has 0 spiro atoms. The van der Waals surface area contributed by atoms with Crippen molar-refractivity contribution in [2.75, 3.05) is 6.54 Å². The van der Waals surface area contributed by atoms with Gasteiger partial charge >= 0.3 is 7.12 Å². The Labute approximate surface area is 149 Å². The first-order valence-corrected chi connectivity index (χ1v) is 8.12. The molecule has 0 aliphatic heterocycles. The summed E-state index contributed by atoms with van der Waals surface area (Å²) in [6.45, 7) is 7.07. The van der Waals surface area contributed by atoms with E-state index in [4.69, 9.17) is 11.6 Å². The predicted molar refractivity (Wildman–Crippen MR) is 95.7 cm³/mol. The van der Waals surface area contributed by atoms with Gasteiger partial charge in [0.25, 0.3) is 0 Å². The lowest BCUT2D eigenvalue weighted by Crippen LogP contribution is -2.50. The van der Waals surface area contributed by atoms with Crippen molar-refractivity contribution in [1.29, 1.82) is 0 Å². The van der Waals surface area contributed by atoms with Gasteiger partial charge in [-0.3, -0.25) is 9.59 Å². The minimum atomic E-state index is -1.66. The van der Waals surface area contributed by atoms with E-state index in [1.165, 1.54) is 6.08 Å². The van der Waals surface area contributed by atoms with Gasteiger partial charge in [-0.2, -0.15) is 0 Å². The van der Waals surface area contributed by atoms with Crippen LogP contribution in [0.3, 0.4) is 0 Å². The molecule has 23 heavy (non-hydrogen) atoms. The van der Waals surface area contributed by atoms with Crippen LogP contribution in [-0.2, 0) is 9.59 Å². The molecular weight excluding hydrogens is 386 g/mol. The van der Waals surface area contributed by atoms with Gasteiger partial charge in [-0.05, 0) is 24.5 Å². The zero-order valence-corrected chi connectivity index (χ0v) is 15.4. The van der Waals surface area contributed by atoms with Crippen LogP contribution in [0.15, 0.2) is 34.3 Å². The number of hydrogen-bond donors (Lipinski definition) is 4. The largest absolute Gasteiger partial charge is 0.475 e. The molecule has 0 aromatic rings. The molecule has 0 rings (SSSR count). The number of halogens is 2. The van der Waals surface area contributed by atoms with Gasteiger partial charge in [0.2, 0.25) is 11.8 Å². The zero-order chi connectivity index (χ0) is 18.0. The van der Waals surface area contributed by atoms with Crippen molar-refractivity contribution in [3.63, 3.8) is 0 Å². The first-order chi connectivity index (χ1) is 10.6. The van der Waals surface area contributed by atoms with E-state index >= 15 is 0 Å². The molecule has 0 aromatic heterocycles. The molecule has 0 aliphatic carbocycles. The third-order valence-corrected chi connectivity index (χ3v) is 3.05. The maximum atomic E-state index is 11.7. The standard InChI is InChI=1S/C14H21BBrClN2O4/c1-9(2)6-12(15(22)23)19-14(21)8-18-13(20)7-11(17)5-4-10(3)16/h4-5,7,9,12,22-23H,3,6,8H2,1-2H3,(H,18,20)(H,19,21)/b5-4-,11-7-/t12-/m0/s1. The van der Waals surface area contributed by atoms with E-state index in [9.17, 15) is 19.6 Å². The lowest BCUT2D eigenvalue weighted by Gasteiger charge is -2.19. The van der Waals surface area contributed by atoms with E-state index in [1.807, 2.05) is 13.8 Å². The van der Waals surface area contributed by atoms with Crippen LogP contribution in [0.2, 0.25) is 0 Å². The molecule has 0 fully saturated rings. The topological polar surface area (TPSA) is 98.7 Å². The Morgan fingerprint density at radius 3 is 2.43 bits per heavy atom. The molecule has 1 atom stereocenters. The van der Waals surface area contributed by atoms with Crippen molar-refractivity contribution in [3.8, 4) is 0 Å². The van der Waals surface area contributed by atoms with Crippen LogP contribution in [0.1, 0.15) is 20.3 Å². The fraction of sp³-hybridized carbons (Fsp3) is 0.429. The molecule has 0 saturated heterocycles. The van der Waals surface area contributed by atoms with Crippen molar-refractivity contribution >= 4 is 46.5 Å². The highest BCUT2D eigenvalue weighted by Gasteiger charge is 2.25.